The number of aromatic nitrogens is 3. The van der Waals surface area contributed by atoms with E-state index in [1.54, 1.807) is 12.1 Å². The zero-order chi connectivity index (χ0) is 26.6. The lowest BCUT2D eigenvalue weighted by Crippen LogP contribution is -2.34. The van der Waals surface area contributed by atoms with Gasteiger partial charge in [0.1, 0.15) is 28.8 Å². The summed E-state index contributed by atoms with van der Waals surface area (Å²) in [5, 5.41) is 8.91. The molecule has 200 valence electrons. The summed E-state index contributed by atoms with van der Waals surface area (Å²) < 4.78 is 21.2. The summed E-state index contributed by atoms with van der Waals surface area (Å²) in [4.78, 5) is 18.0. The van der Waals surface area contributed by atoms with E-state index in [1.165, 1.54) is 5.56 Å². The highest BCUT2D eigenvalue weighted by Crippen LogP contribution is 2.36. The first-order valence-corrected chi connectivity index (χ1v) is 13.1. The number of fused-ring (bicyclic) bond motifs is 1. The van der Waals surface area contributed by atoms with Gasteiger partial charge < -0.3 is 28.5 Å². The van der Waals surface area contributed by atoms with Crippen LogP contribution in [0.5, 0.6) is 17.2 Å². The number of aryl methyl sites for hydroxylation is 1. The molecule has 5 rings (SSSR count). The second-order valence-corrected chi connectivity index (χ2v) is 9.45. The fraction of sp³-hybridized carbons (Fsp3) is 0.379. The minimum absolute atomic E-state index is 0.283. The summed E-state index contributed by atoms with van der Waals surface area (Å²) in [6.45, 7) is 9.89. The average Bonchev–Trinajstić information content (AvgIpc) is 3.52. The van der Waals surface area contributed by atoms with E-state index >= 15 is 0 Å². The lowest BCUT2D eigenvalue weighted by Gasteiger charge is -2.33. The fourth-order valence-corrected chi connectivity index (χ4v) is 5.42. The molecule has 0 saturated carbocycles. The minimum atomic E-state index is -1.33. The number of piperidine rings is 1. The van der Waals surface area contributed by atoms with E-state index < -0.39 is 6.16 Å². The van der Waals surface area contributed by atoms with Crippen molar-refractivity contribution in [2.45, 2.75) is 46.2 Å². The standard InChI is InChI=1S/C29H34N4O5/c1-4-36-26-16-21(17-27(37-5-2)28(26)32-12-6-7-13-32)19-31-14-10-22(11-15-31)33-20(3)30-24-18-23(38-29(34)35)8-9-25(24)33/h6-9,12-13,16-18,22H,4-5,10-11,14-15,19H2,1-3H3,(H,34,35). The Morgan fingerprint density at radius 1 is 1.03 bits per heavy atom. The summed E-state index contributed by atoms with van der Waals surface area (Å²) in [7, 11) is 0. The molecule has 1 N–H and O–H groups in total. The van der Waals surface area contributed by atoms with Crippen molar-refractivity contribution in [3.05, 3.63) is 66.2 Å². The Balaban J connectivity index is 1.32. The molecular weight excluding hydrogens is 484 g/mol. The van der Waals surface area contributed by atoms with Crippen LogP contribution >= 0.6 is 0 Å². The summed E-state index contributed by atoms with van der Waals surface area (Å²) in [5.41, 5.74) is 3.85. The molecule has 1 aliphatic rings. The number of hydrogen-bond acceptors (Lipinski definition) is 6. The molecule has 1 fully saturated rings. The second-order valence-electron chi connectivity index (χ2n) is 9.45. The van der Waals surface area contributed by atoms with E-state index in [1.807, 2.05) is 55.9 Å². The van der Waals surface area contributed by atoms with Crippen molar-refractivity contribution in [2.75, 3.05) is 26.3 Å². The third-order valence-electron chi connectivity index (χ3n) is 6.93. The van der Waals surface area contributed by atoms with Crippen molar-refractivity contribution in [1.29, 1.82) is 0 Å². The van der Waals surface area contributed by atoms with Crippen molar-refractivity contribution < 1.29 is 24.1 Å². The van der Waals surface area contributed by atoms with Crippen LogP contribution < -0.4 is 14.2 Å². The van der Waals surface area contributed by atoms with Gasteiger partial charge >= 0.3 is 6.16 Å². The lowest BCUT2D eigenvalue weighted by atomic mass is 10.0. The molecule has 0 atom stereocenters. The summed E-state index contributed by atoms with van der Waals surface area (Å²) in [6, 6.07) is 13.9. The molecule has 1 aliphatic heterocycles. The Kier molecular flexibility index (Phi) is 7.55. The van der Waals surface area contributed by atoms with Gasteiger partial charge in [-0.2, -0.15) is 0 Å². The maximum absolute atomic E-state index is 10.9. The van der Waals surface area contributed by atoms with E-state index in [2.05, 4.69) is 26.6 Å². The Hall–Kier alpha value is -3.98. The summed E-state index contributed by atoms with van der Waals surface area (Å²) in [6.07, 6.45) is 4.68. The van der Waals surface area contributed by atoms with Crippen molar-refractivity contribution in [3.63, 3.8) is 0 Å². The highest BCUT2D eigenvalue weighted by atomic mass is 16.7. The van der Waals surface area contributed by atoms with E-state index in [-0.39, 0.29) is 5.75 Å². The molecule has 0 spiro atoms. The lowest BCUT2D eigenvalue weighted by molar-refractivity contribution is 0.144. The third-order valence-corrected chi connectivity index (χ3v) is 6.93. The predicted octanol–water partition coefficient (Wildman–Crippen LogP) is 5.83. The number of hydrogen-bond donors (Lipinski definition) is 1. The minimum Gasteiger partial charge on any atom is -0.492 e. The van der Waals surface area contributed by atoms with Gasteiger partial charge in [-0.1, -0.05) is 0 Å². The van der Waals surface area contributed by atoms with E-state index in [0.29, 0.717) is 19.3 Å². The summed E-state index contributed by atoms with van der Waals surface area (Å²) >= 11 is 0. The molecule has 0 unspecified atom stereocenters. The van der Waals surface area contributed by atoms with Crippen LogP contribution in [-0.2, 0) is 6.54 Å². The molecule has 38 heavy (non-hydrogen) atoms. The van der Waals surface area contributed by atoms with Crippen LogP contribution in [0.25, 0.3) is 16.7 Å². The van der Waals surface area contributed by atoms with Gasteiger partial charge in [-0.05, 0) is 75.6 Å². The van der Waals surface area contributed by atoms with Gasteiger partial charge in [0.05, 0.1) is 24.2 Å². The number of ether oxygens (including phenoxy) is 3. The van der Waals surface area contributed by atoms with E-state index in [9.17, 15) is 4.79 Å². The van der Waals surface area contributed by atoms with Crippen LogP contribution in [0.4, 0.5) is 4.79 Å². The highest BCUT2D eigenvalue weighted by molar-refractivity contribution is 5.79. The third kappa shape index (κ3) is 5.33. The van der Waals surface area contributed by atoms with Gasteiger partial charge in [-0.25, -0.2) is 9.78 Å². The Morgan fingerprint density at radius 2 is 1.68 bits per heavy atom. The smallest absolute Gasteiger partial charge is 0.492 e. The number of likely N-dealkylation sites (tertiary alicyclic amines) is 1. The van der Waals surface area contributed by atoms with Crippen molar-refractivity contribution in [3.8, 4) is 22.9 Å². The molecular formula is C29H34N4O5. The van der Waals surface area contributed by atoms with Gasteiger partial charge in [-0.3, -0.25) is 4.90 Å². The molecule has 2 aromatic heterocycles. The Bertz CT molecular complexity index is 1380. The van der Waals surface area contributed by atoms with E-state index in [4.69, 9.17) is 19.3 Å². The monoisotopic (exact) mass is 518 g/mol. The number of nitrogens with zero attached hydrogens (tertiary/aromatic N) is 4. The van der Waals surface area contributed by atoms with Crippen LogP contribution in [0.15, 0.2) is 54.9 Å². The van der Waals surface area contributed by atoms with Crippen molar-refractivity contribution in [2.24, 2.45) is 0 Å². The quantitative estimate of drug-likeness (QED) is 0.220. The molecule has 9 nitrogen and oxygen atoms in total. The highest BCUT2D eigenvalue weighted by Gasteiger charge is 2.25. The maximum atomic E-state index is 10.9. The molecule has 3 heterocycles. The molecule has 0 aliphatic carbocycles. The molecule has 1 saturated heterocycles. The van der Waals surface area contributed by atoms with Gasteiger partial charge in [0, 0.05) is 44.1 Å². The Morgan fingerprint density at radius 3 is 2.29 bits per heavy atom. The summed E-state index contributed by atoms with van der Waals surface area (Å²) in [5.74, 6) is 2.86. The van der Waals surface area contributed by atoms with Gasteiger partial charge in [-0.15, -0.1) is 0 Å². The first kappa shape index (κ1) is 25.7. The normalized spacial score (nSPS) is 14.6. The number of imidazole rings is 1. The molecule has 9 heteroatoms. The Labute approximate surface area is 222 Å². The number of benzene rings is 2. The number of carbonyl (C=O) groups is 1. The SMILES string of the molecule is CCOc1cc(CN2CCC(n3c(C)nc4cc(OC(=O)O)ccc43)CC2)cc(OCC)c1-n1cccc1. The maximum Gasteiger partial charge on any atom is 0.511 e. The van der Waals surface area contributed by atoms with Gasteiger partial charge in [0.2, 0.25) is 0 Å². The molecule has 2 aromatic carbocycles. The molecule has 0 bridgehead atoms. The van der Waals surface area contributed by atoms with Crippen LogP contribution in [0.3, 0.4) is 0 Å². The van der Waals surface area contributed by atoms with Gasteiger partial charge in [0.15, 0.2) is 0 Å². The number of rotatable bonds is 9. The first-order chi connectivity index (χ1) is 18.5. The van der Waals surface area contributed by atoms with Crippen LogP contribution in [0.1, 0.15) is 44.1 Å². The van der Waals surface area contributed by atoms with Crippen molar-refractivity contribution in [1.82, 2.24) is 19.0 Å². The second kappa shape index (κ2) is 11.2. The predicted molar refractivity (Wildman–Crippen MR) is 145 cm³/mol. The number of carboxylic acid groups (broad SMARTS) is 1. The van der Waals surface area contributed by atoms with Crippen LogP contribution in [0.2, 0.25) is 0 Å². The largest absolute Gasteiger partial charge is 0.511 e. The zero-order valence-electron chi connectivity index (χ0n) is 22.1. The zero-order valence-corrected chi connectivity index (χ0v) is 22.1. The molecule has 0 amide bonds. The van der Waals surface area contributed by atoms with Crippen LogP contribution in [-0.4, -0.2) is 56.6 Å². The first-order valence-electron chi connectivity index (χ1n) is 13.1. The van der Waals surface area contributed by atoms with Crippen LogP contribution in [0, 0.1) is 6.92 Å². The molecule has 4 aromatic rings. The average molecular weight is 519 g/mol. The fourth-order valence-electron chi connectivity index (χ4n) is 5.42. The molecule has 0 radical (unpaired) electrons. The topological polar surface area (TPSA) is 91.0 Å². The van der Waals surface area contributed by atoms with Gasteiger partial charge in [0.25, 0.3) is 0 Å². The van der Waals surface area contributed by atoms with E-state index in [0.717, 1.165) is 66.5 Å². The van der Waals surface area contributed by atoms with Crippen molar-refractivity contribution >= 4 is 17.2 Å².